The Labute approximate surface area is 94.8 Å². The number of rotatable bonds is 7. The molecule has 4 N–H and O–H groups in total. The lowest BCUT2D eigenvalue weighted by atomic mass is 10.4. The summed E-state index contributed by atoms with van der Waals surface area (Å²) < 4.78 is 38.3. The summed E-state index contributed by atoms with van der Waals surface area (Å²) in [6.07, 6.45) is 0. The van der Waals surface area contributed by atoms with E-state index in [4.69, 9.17) is 9.29 Å². The van der Waals surface area contributed by atoms with Crippen LogP contribution in [0.1, 0.15) is 6.92 Å². The topological polar surface area (TPSA) is 125 Å². The van der Waals surface area contributed by atoms with E-state index >= 15 is 0 Å². The molecule has 0 heterocycles. The molecule has 0 bridgehead atoms. The van der Waals surface area contributed by atoms with Crippen LogP contribution in [-0.2, 0) is 24.4 Å². The first-order valence-electron chi connectivity index (χ1n) is 4.18. The van der Waals surface area contributed by atoms with Gasteiger partial charge in [-0.3, -0.25) is 4.55 Å². The van der Waals surface area contributed by atoms with Crippen LogP contribution in [-0.4, -0.2) is 44.5 Å². The maximum absolute atomic E-state index is 10.8. The van der Waals surface area contributed by atoms with Crippen LogP contribution in [0.3, 0.4) is 0 Å². The van der Waals surface area contributed by atoms with Gasteiger partial charge in [0.05, 0.1) is 19.0 Å². The van der Waals surface area contributed by atoms with Crippen LogP contribution in [0, 0.1) is 0 Å². The maximum atomic E-state index is 10.8. The van der Waals surface area contributed by atoms with Gasteiger partial charge in [0, 0.05) is 5.57 Å². The Morgan fingerprint density at radius 1 is 1.31 bits per heavy atom. The van der Waals surface area contributed by atoms with Gasteiger partial charge in [0.2, 0.25) is 0 Å². The predicted molar refractivity (Wildman–Crippen MR) is 58.0 cm³/mol. The number of esters is 1. The highest BCUT2D eigenvalue weighted by atomic mass is 32.2. The van der Waals surface area contributed by atoms with E-state index in [1.807, 2.05) is 0 Å². The van der Waals surface area contributed by atoms with Crippen LogP contribution in [0.15, 0.2) is 12.2 Å². The Hall–Kier alpha value is -0.960. The first-order chi connectivity index (χ1) is 6.83. The molecular formula is C8H17NO6S. The second-order valence-electron chi connectivity index (χ2n) is 2.81. The quantitative estimate of drug-likeness (QED) is 0.287. The molecule has 0 saturated heterocycles. The summed E-state index contributed by atoms with van der Waals surface area (Å²) in [5.41, 5.74) is 0.285. The second-order valence-corrected chi connectivity index (χ2v) is 4.39. The van der Waals surface area contributed by atoms with E-state index in [2.05, 4.69) is 11.3 Å². The molecule has 0 amide bonds. The fourth-order valence-electron chi connectivity index (χ4n) is 0.583. The van der Waals surface area contributed by atoms with Crippen molar-refractivity contribution >= 4 is 16.1 Å². The summed E-state index contributed by atoms with van der Waals surface area (Å²) >= 11 is 0. The lowest BCUT2D eigenvalue weighted by molar-refractivity contribution is -0.140. The van der Waals surface area contributed by atoms with Crippen LogP contribution in [0.2, 0.25) is 0 Å². The zero-order valence-electron chi connectivity index (χ0n) is 9.14. The van der Waals surface area contributed by atoms with Crippen molar-refractivity contribution < 1.29 is 27.2 Å². The molecule has 0 radical (unpaired) electrons. The molecule has 0 unspecified atom stereocenters. The SMILES string of the molecule is C=C(C)C(=O)OCCOCCS(=O)(=O)O.N. The first kappa shape index (κ1) is 17.4. The van der Waals surface area contributed by atoms with Crippen molar-refractivity contribution in [3.8, 4) is 0 Å². The van der Waals surface area contributed by atoms with Gasteiger partial charge in [-0.2, -0.15) is 8.42 Å². The third-order valence-electron chi connectivity index (χ3n) is 1.29. The average molecular weight is 255 g/mol. The van der Waals surface area contributed by atoms with Crippen molar-refractivity contribution in [1.29, 1.82) is 0 Å². The zero-order valence-corrected chi connectivity index (χ0v) is 9.96. The minimum atomic E-state index is -3.99. The van der Waals surface area contributed by atoms with E-state index in [1.165, 1.54) is 6.92 Å². The van der Waals surface area contributed by atoms with E-state index in [9.17, 15) is 13.2 Å². The normalized spacial score (nSPS) is 10.4. The number of carbonyl (C=O) groups is 1. The lowest BCUT2D eigenvalue weighted by Gasteiger charge is -2.04. The molecule has 0 aromatic carbocycles. The first-order valence-corrected chi connectivity index (χ1v) is 5.79. The highest BCUT2D eigenvalue weighted by molar-refractivity contribution is 7.85. The van der Waals surface area contributed by atoms with Gasteiger partial charge in [0.15, 0.2) is 0 Å². The van der Waals surface area contributed by atoms with Gasteiger partial charge in [-0.1, -0.05) is 6.58 Å². The summed E-state index contributed by atoms with van der Waals surface area (Å²) in [6, 6.07) is 0. The summed E-state index contributed by atoms with van der Waals surface area (Å²) in [6.45, 7) is 4.86. The largest absolute Gasteiger partial charge is 0.460 e. The van der Waals surface area contributed by atoms with Crippen molar-refractivity contribution in [1.82, 2.24) is 6.15 Å². The van der Waals surface area contributed by atoms with Gasteiger partial charge in [-0.25, -0.2) is 4.79 Å². The highest BCUT2D eigenvalue weighted by Gasteiger charge is 2.04. The monoisotopic (exact) mass is 255 g/mol. The molecule has 0 saturated carbocycles. The van der Waals surface area contributed by atoms with Crippen LogP contribution in [0.25, 0.3) is 0 Å². The van der Waals surface area contributed by atoms with E-state index in [-0.39, 0.29) is 31.5 Å². The van der Waals surface area contributed by atoms with E-state index < -0.39 is 21.8 Å². The van der Waals surface area contributed by atoms with Crippen LogP contribution in [0.4, 0.5) is 0 Å². The third-order valence-corrected chi connectivity index (χ3v) is 1.98. The molecule has 16 heavy (non-hydrogen) atoms. The Bertz CT molecular complexity index is 323. The Morgan fingerprint density at radius 3 is 2.31 bits per heavy atom. The van der Waals surface area contributed by atoms with Gasteiger partial charge in [-0.15, -0.1) is 0 Å². The van der Waals surface area contributed by atoms with Gasteiger partial charge in [0.25, 0.3) is 10.1 Å². The van der Waals surface area contributed by atoms with Crippen molar-refractivity contribution in [3.05, 3.63) is 12.2 Å². The summed E-state index contributed by atoms with van der Waals surface area (Å²) in [5.74, 6) is -0.991. The molecule has 96 valence electrons. The van der Waals surface area contributed by atoms with Gasteiger partial charge in [0.1, 0.15) is 6.61 Å². The lowest BCUT2D eigenvalue weighted by Crippen LogP contribution is -2.15. The van der Waals surface area contributed by atoms with E-state index in [1.54, 1.807) is 0 Å². The minimum Gasteiger partial charge on any atom is -0.460 e. The molecule has 0 aromatic rings. The fraction of sp³-hybridized carbons (Fsp3) is 0.625. The van der Waals surface area contributed by atoms with Crippen molar-refractivity contribution in [2.24, 2.45) is 0 Å². The molecule has 0 spiro atoms. The molecular weight excluding hydrogens is 238 g/mol. The van der Waals surface area contributed by atoms with Crippen LogP contribution < -0.4 is 6.15 Å². The minimum absolute atomic E-state index is 0. The molecule has 0 aliphatic carbocycles. The smallest absolute Gasteiger partial charge is 0.333 e. The molecule has 0 aromatic heterocycles. The Kier molecular flexibility index (Phi) is 8.96. The zero-order chi connectivity index (χ0) is 11.9. The van der Waals surface area contributed by atoms with Crippen molar-refractivity contribution in [2.45, 2.75) is 6.92 Å². The summed E-state index contributed by atoms with van der Waals surface area (Å²) in [5, 5.41) is 0. The number of ether oxygens (including phenoxy) is 2. The van der Waals surface area contributed by atoms with Gasteiger partial charge >= 0.3 is 5.97 Å². The predicted octanol–water partition coefficient (Wildman–Crippen LogP) is 0.172. The molecule has 0 aliphatic rings. The molecule has 0 atom stereocenters. The second kappa shape index (κ2) is 8.22. The van der Waals surface area contributed by atoms with E-state index in [0.717, 1.165) is 0 Å². The van der Waals surface area contributed by atoms with Crippen molar-refractivity contribution in [2.75, 3.05) is 25.6 Å². The number of hydrogen-bond acceptors (Lipinski definition) is 6. The number of hydrogen-bond donors (Lipinski definition) is 2. The fourth-order valence-corrected chi connectivity index (χ4v) is 0.911. The summed E-state index contributed by atoms with van der Waals surface area (Å²) in [7, 11) is -3.99. The van der Waals surface area contributed by atoms with Crippen LogP contribution >= 0.6 is 0 Å². The van der Waals surface area contributed by atoms with Gasteiger partial charge < -0.3 is 15.6 Å². The van der Waals surface area contributed by atoms with Crippen molar-refractivity contribution in [3.63, 3.8) is 0 Å². The standard InChI is InChI=1S/C8H14O6S.H3N/c1-7(2)8(9)14-4-3-13-5-6-15(10,11)12;/h1,3-6H2,2H3,(H,10,11,12);1H3. The van der Waals surface area contributed by atoms with Crippen LogP contribution in [0.5, 0.6) is 0 Å². The molecule has 0 fully saturated rings. The third kappa shape index (κ3) is 11.1. The highest BCUT2D eigenvalue weighted by Crippen LogP contribution is 1.91. The Morgan fingerprint density at radius 2 is 1.88 bits per heavy atom. The maximum Gasteiger partial charge on any atom is 0.333 e. The summed E-state index contributed by atoms with van der Waals surface area (Å²) in [4.78, 5) is 10.8. The average Bonchev–Trinajstić information content (AvgIpc) is 2.08. The molecule has 7 nitrogen and oxygen atoms in total. The molecule has 0 rings (SSSR count). The molecule has 0 aliphatic heterocycles. The van der Waals surface area contributed by atoms with Gasteiger partial charge in [-0.05, 0) is 6.92 Å². The number of carbonyl (C=O) groups excluding carboxylic acids is 1. The Balaban J connectivity index is 0. The molecule has 8 heteroatoms. The van der Waals surface area contributed by atoms with E-state index in [0.29, 0.717) is 0 Å².